The summed E-state index contributed by atoms with van der Waals surface area (Å²) < 4.78 is 0. The largest absolute Gasteiger partial charge is 0.335 e. The molecule has 0 N–H and O–H groups in total. The highest BCUT2D eigenvalue weighted by Gasteiger charge is 2.33. The van der Waals surface area contributed by atoms with Crippen molar-refractivity contribution >= 4 is 5.91 Å². The first-order chi connectivity index (χ1) is 7.72. The molecule has 1 aromatic heterocycles. The summed E-state index contributed by atoms with van der Waals surface area (Å²) in [4.78, 5) is 17.5. The van der Waals surface area contributed by atoms with Crippen molar-refractivity contribution < 1.29 is 4.79 Å². The zero-order valence-corrected chi connectivity index (χ0v) is 9.13. The maximum atomic E-state index is 11.7. The lowest BCUT2D eigenvalue weighted by molar-refractivity contribution is -0.129. The Kier molecular flexibility index (Phi) is 2.86. The molecule has 1 saturated heterocycles. The van der Waals surface area contributed by atoms with E-state index < -0.39 is 0 Å². The molecule has 4 heteroatoms. The van der Waals surface area contributed by atoms with Crippen LogP contribution in [-0.4, -0.2) is 22.3 Å². The van der Waals surface area contributed by atoms with Gasteiger partial charge in [-0.15, -0.1) is 0 Å². The highest BCUT2D eigenvalue weighted by Crippen LogP contribution is 2.27. The van der Waals surface area contributed by atoms with Crippen molar-refractivity contribution in [3.63, 3.8) is 0 Å². The van der Waals surface area contributed by atoms with Crippen LogP contribution in [0.5, 0.6) is 0 Å². The van der Waals surface area contributed by atoms with Crippen LogP contribution in [-0.2, 0) is 4.79 Å². The minimum atomic E-state index is -0.161. The van der Waals surface area contributed by atoms with Crippen LogP contribution in [0, 0.1) is 17.2 Å². The van der Waals surface area contributed by atoms with E-state index in [0.29, 0.717) is 13.0 Å². The smallest absolute Gasteiger partial charge is 0.224 e. The Labute approximate surface area is 94.5 Å². The Morgan fingerprint density at radius 3 is 3.06 bits per heavy atom. The number of hydrogen-bond acceptors (Lipinski definition) is 3. The molecule has 0 bridgehead atoms. The van der Waals surface area contributed by atoms with Gasteiger partial charge in [0.25, 0.3) is 0 Å². The Balaban J connectivity index is 2.15. The minimum absolute atomic E-state index is 0.000417. The summed E-state index contributed by atoms with van der Waals surface area (Å²) in [7, 11) is 0. The van der Waals surface area contributed by atoms with Crippen molar-refractivity contribution in [1.82, 2.24) is 9.88 Å². The second-order valence-corrected chi connectivity index (χ2v) is 4.04. The van der Waals surface area contributed by atoms with Gasteiger partial charge in [-0.3, -0.25) is 9.78 Å². The van der Waals surface area contributed by atoms with Crippen molar-refractivity contribution in [2.24, 2.45) is 5.92 Å². The molecule has 0 saturated carbocycles. The van der Waals surface area contributed by atoms with Crippen LogP contribution in [0.15, 0.2) is 24.5 Å². The predicted octanol–water partition coefficient (Wildman–Crippen LogP) is 1.51. The molecule has 4 nitrogen and oxygen atoms in total. The van der Waals surface area contributed by atoms with Crippen LogP contribution >= 0.6 is 0 Å². The first-order valence-corrected chi connectivity index (χ1v) is 5.31. The number of hydrogen-bond donors (Lipinski definition) is 0. The molecule has 2 atom stereocenters. The lowest BCUT2D eigenvalue weighted by Gasteiger charge is -2.24. The fraction of sp³-hybridized carbons (Fsp3) is 0.417. The quantitative estimate of drug-likeness (QED) is 0.751. The van der Waals surface area contributed by atoms with Gasteiger partial charge in [0.1, 0.15) is 0 Å². The molecule has 2 heterocycles. The Hall–Kier alpha value is -1.89. The Bertz CT molecular complexity index is 424. The lowest BCUT2D eigenvalue weighted by Crippen LogP contribution is -2.28. The summed E-state index contributed by atoms with van der Waals surface area (Å²) in [6.07, 6.45) is 3.82. The Morgan fingerprint density at radius 2 is 2.50 bits per heavy atom. The molecule has 0 spiro atoms. The minimum Gasteiger partial charge on any atom is -0.335 e. The molecule has 1 aliphatic rings. The summed E-state index contributed by atoms with van der Waals surface area (Å²) in [6, 6.07) is 5.96. The molecule has 0 aromatic carbocycles. The van der Waals surface area contributed by atoms with Gasteiger partial charge in [0.05, 0.1) is 18.0 Å². The average Bonchev–Trinajstić information content (AvgIpc) is 2.71. The molecular weight excluding hydrogens is 202 g/mol. The zero-order chi connectivity index (χ0) is 11.5. The van der Waals surface area contributed by atoms with Crippen molar-refractivity contribution in [3.05, 3.63) is 30.1 Å². The number of carbonyl (C=O) groups is 1. The van der Waals surface area contributed by atoms with Crippen LogP contribution in [0.2, 0.25) is 0 Å². The van der Waals surface area contributed by atoms with Gasteiger partial charge in [-0.1, -0.05) is 6.07 Å². The molecule has 1 fully saturated rings. The summed E-state index contributed by atoms with van der Waals surface area (Å²) in [5.41, 5.74) is 1.01. The molecule has 1 aliphatic heterocycles. The fourth-order valence-corrected chi connectivity index (χ4v) is 2.00. The number of rotatable bonds is 2. The number of pyridine rings is 1. The second kappa shape index (κ2) is 4.31. The SMILES string of the molecule is CC(c1cccnc1)N1CC(C#N)CC1=O. The van der Waals surface area contributed by atoms with E-state index in [1.54, 1.807) is 17.3 Å². The number of carbonyl (C=O) groups excluding carboxylic acids is 1. The topological polar surface area (TPSA) is 57.0 Å². The lowest BCUT2D eigenvalue weighted by atomic mass is 10.1. The number of nitriles is 1. The number of nitrogens with zero attached hydrogens (tertiary/aromatic N) is 3. The fourth-order valence-electron chi connectivity index (χ4n) is 2.00. The molecular formula is C12H13N3O. The van der Waals surface area contributed by atoms with E-state index in [-0.39, 0.29) is 17.9 Å². The molecule has 1 aromatic rings. The van der Waals surface area contributed by atoms with Crippen LogP contribution in [0.3, 0.4) is 0 Å². The molecule has 2 unspecified atom stereocenters. The van der Waals surface area contributed by atoms with Gasteiger partial charge in [0.15, 0.2) is 0 Å². The standard InChI is InChI=1S/C12H13N3O/c1-9(11-3-2-4-14-7-11)15-8-10(6-13)5-12(15)16/h2-4,7,9-10H,5,8H2,1H3. The number of likely N-dealkylation sites (tertiary alicyclic amines) is 1. The van der Waals surface area contributed by atoms with Crippen LogP contribution < -0.4 is 0 Å². The summed E-state index contributed by atoms with van der Waals surface area (Å²) in [6.45, 7) is 2.50. The highest BCUT2D eigenvalue weighted by atomic mass is 16.2. The van der Waals surface area contributed by atoms with E-state index in [2.05, 4.69) is 11.1 Å². The van der Waals surface area contributed by atoms with E-state index >= 15 is 0 Å². The molecule has 16 heavy (non-hydrogen) atoms. The van der Waals surface area contributed by atoms with E-state index in [1.165, 1.54) is 0 Å². The van der Waals surface area contributed by atoms with Crippen LogP contribution in [0.4, 0.5) is 0 Å². The van der Waals surface area contributed by atoms with Gasteiger partial charge < -0.3 is 4.90 Å². The van der Waals surface area contributed by atoms with E-state index in [0.717, 1.165) is 5.56 Å². The predicted molar refractivity (Wildman–Crippen MR) is 58.1 cm³/mol. The van der Waals surface area contributed by atoms with Gasteiger partial charge >= 0.3 is 0 Å². The van der Waals surface area contributed by atoms with Crippen LogP contribution in [0.1, 0.15) is 24.9 Å². The van der Waals surface area contributed by atoms with Gasteiger partial charge in [-0.25, -0.2) is 0 Å². The summed E-state index contributed by atoms with van der Waals surface area (Å²) in [5.74, 6) is -0.102. The van der Waals surface area contributed by atoms with Gasteiger partial charge in [-0.05, 0) is 18.6 Å². The van der Waals surface area contributed by atoms with E-state index in [4.69, 9.17) is 5.26 Å². The summed E-state index contributed by atoms with van der Waals surface area (Å²) in [5, 5.41) is 8.81. The van der Waals surface area contributed by atoms with Gasteiger partial charge in [0.2, 0.25) is 5.91 Å². The van der Waals surface area contributed by atoms with Gasteiger partial charge in [0, 0.05) is 25.4 Å². The normalized spacial score (nSPS) is 21.9. The van der Waals surface area contributed by atoms with Crippen molar-refractivity contribution in [2.75, 3.05) is 6.54 Å². The first kappa shape index (κ1) is 10.6. The van der Waals surface area contributed by atoms with Crippen LogP contribution in [0.25, 0.3) is 0 Å². The molecule has 0 aliphatic carbocycles. The third-order valence-electron chi connectivity index (χ3n) is 2.98. The van der Waals surface area contributed by atoms with Crippen molar-refractivity contribution in [3.8, 4) is 6.07 Å². The summed E-state index contributed by atoms with van der Waals surface area (Å²) >= 11 is 0. The maximum absolute atomic E-state index is 11.7. The third kappa shape index (κ3) is 1.89. The number of aromatic nitrogens is 1. The van der Waals surface area contributed by atoms with Gasteiger partial charge in [-0.2, -0.15) is 5.26 Å². The van der Waals surface area contributed by atoms with E-state index in [1.807, 2.05) is 19.1 Å². The van der Waals surface area contributed by atoms with Crippen molar-refractivity contribution in [2.45, 2.75) is 19.4 Å². The van der Waals surface area contributed by atoms with E-state index in [9.17, 15) is 4.79 Å². The second-order valence-electron chi connectivity index (χ2n) is 4.04. The first-order valence-electron chi connectivity index (χ1n) is 5.31. The maximum Gasteiger partial charge on any atom is 0.224 e. The van der Waals surface area contributed by atoms with Crippen molar-refractivity contribution in [1.29, 1.82) is 5.26 Å². The molecule has 2 rings (SSSR count). The number of amides is 1. The molecule has 82 valence electrons. The third-order valence-corrected chi connectivity index (χ3v) is 2.98. The molecule has 1 amide bonds. The molecule has 0 radical (unpaired) electrons. The highest BCUT2D eigenvalue weighted by molar-refractivity contribution is 5.79. The Morgan fingerprint density at radius 1 is 1.69 bits per heavy atom. The zero-order valence-electron chi connectivity index (χ0n) is 9.13. The monoisotopic (exact) mass is 215 g/mol. The average molecular weight is 215 g/mol.